The lowest BCUT2D eigenvalue weighted by atomic mass is 9.91. The van der Waals surface area contributed by atoms with Crippen LogP contribution in [0, 0.1) is 10.3 Å². The van der Waals surface area contributed by atoms with Gasteiger partial charge in [-0.3, -0.25) is 20.4 Å². The number of anilines is 3. The molecule has 0 aliphatic heterocycles. The first kappa shape index (κ1) is 29.6. The van der Waals surface area contributed by atoms with Gasteiger partial charge in [0, 0.05) is 43.4 Å². The van der Waals surface area contributed by atoms with Gasteiger partial charge in [-0.1, -0.05) is 20.8 Å². The maximum absolute atomic E-state index is 12.7. The van der Waals surface area contributed by atoms with Gasteiger partial charge in [-0.05, 0) is 54.3 Å². The molecule has 4 N–H and O–H groups in total. The number of hydrogen-bond donors (Lipinski definition) is 4. The lowest BCUT2D eigenvalue weighted by Gasteiger charge is -2.24. The van der Waals surface area contributed by atoms with Crippen molar-refractivity contribution in [1.29, 1.82) is 0 Å². The van der Waals surface area contributed by atoms with Gasteiger partial charge in [0.1, 0.15) is 0 Å². The number of rotatable bonds is 12. The van der Waals surface area contributed by atoms with E-state index in [0.717, 1.165) is 4.88 Å². The van der Waals surface area contributed by atoms with Crippen LogP contribution in [-0.2, 0) is 4.79 Å². The van der Waals surface area contributed by atoms with Crippen LogP contribution in [-0.4, -0.2) is 56.0 Å². The highest BCUT2D eigenvalue weighted by Crippen LogP contribution is 2.31. The Balaban J connectivity index is 2.10. The highest BCUT2D eigenvalue weighted by atomic mass is 32.1. The average Bonchev–Trinajstić information content (AvgIpc) is 3.28. The van der Waals surface area contributed by atoms with Gasteiger partial charge in [-0.25, -0.2) is 9.79 Å². The minimum atomic E-state index is -0.670. The van der Waals surface area contributed by atoms with Crippen molar-refractivity contribution in [2.75, 3.05) is 35.7 Å². The first-order valence-corrected chi connectivity index (χ1v) is 12.6. The Labute approximate surface area is 221 Å². The number of nitroso groups, excluding NO2 is 1. The van der Waals surface area contributed by atoms with Gasteiger partial charge in [-0.2, -0.15) is 0 Å². The Morgan fingerprint density at radius 2 is 1.97 bits per heavy atom. The molecule has 1 aromatic carbocycles. The fourth-order valence-electron chi connectivity index (χ4n) is 3.01. The summed E-state index contributed by atoms with van der Waals surface area (Å²) in [5, 5.41) is 21.0. The lowest BCUT2D eigenvalue weighted by molar-refractivity contribution is -0.120. The van der Waals surface area contributed by atoms with Gasteiger partial charge in [0.25, 0.3) is 0 Å². The Morgan fingerprint density at radius 1 is 1.22 bits per heavy atom. The van der Waals surface area contributed by atoms with Gasteiger partial charge in [0.15, 0.2) is 6.17 Å². The molecule has 11 nitrogen and oxygen atoms in total. The number of carbonyl (C=O) groups excluding carboxylic acids is 2. The minimum absolute atomic E-state index is 0.0156. The number of hydrogen-bond acceptors (Lipinski definition) is 9. The largest absolute Gasteiger partial charge is 0.396 e. The summed E-state index contributed by atoms with van der Waals surface area (Å²) < 4.78 is 0. The zero-order valence-corrected chi connectivity index (χ0v) is 22.6. The highest BCUT2D eigenvalue weighted by Gasteiger charge is 2.20. The van der Waals surface area contributed by atoms with Crippen molar-refractivity contribution in [2.45, 2.75) is 46.7 Å². The molecule has 2 rings (SSSR count). The van der Waals surface area contributed by atoms with E-state index in [1.54, 1.807) is 37.1 Å². The van der Waals surface area contributed by atoms with Crippen LogP contribution in [0.4, 0.5) is 26.9 Å². The van der Waals surface area contributed by atoms with E-state index < -0.39 is 12.2 Å². The number of nitrogens with zero attached hydrogens (tertiary/aromatic N) is 4. The Morgan fingerprint density at radius 3 is 2.65 bits per heavy atom. The SMILES string of the molecule is CC(N=O)N=Cc1ccc(NC(=O)NC=Nc2cc(N(C)C(=O)CC(C)(C)C)ccc2NCCCO)s1. The average molecular weight is 530 g/mol. The molecule has 0 fully saturated rings. The Bertz CT molecular complexity index is 1120. The number of aliphatic hydroxyl groups excluding tert-OH is 1. The van der Waals surface area contributed by atoms with Crippen LogP contribution >= 0.6 is 11.3 Å². The zero-order chi connectivity index (χ0) is 27.4. The zero-order valence-electron chi connectivity index (χ0n) is 21.8. The predicted octanol–water partition coefficient (Wildman–Crippen LogP) is 4.95. The van der Waals surface area contributed by atoms with Crippen LogP contribution in [0.2, 0.25) is 0 Å². The van der Waals surface area contributed by atoms with Crippen LogP contribution in [0.15, 0.2) is 45.5 Å². The third-order valence-corrected chi connectivity index (χ3v) is 5.84. The van der Waals surface area contributed by atoms with Gasteiger partial charge >= 0.3 is 6.03 Å². The molecular formula is C25H35N7O4S. The normalized spacial score (nSPS) is 12.5. The van der Waals surface area contributed by atoms with Crippen molar-refractivity contribution in [3.05, 3.63) is 40.1 Å². The van der Waals surface area contributed by atoms with E-state index in [1.807, 2.05) is 32.9 Å². The van der Waals surface area contributed by atoms with E-state index >= 15 is 0 Å². The van der Waals surface area contributed by atoms with Crippen LogP contribution in [0.1, 0.15) is 45.4 Å². The summed E-state index contributed by atoms with van der Waals surface area (Å²) in [7, 11) is 1.72. The third-order valence-electron chi connectivity index (χ3n) is 4.91. The molecule has 0 bridgehead atoms. The van der Waals surface area contributed by atoms with Crippen molar-refractivity contribution >= 4 is 57.9 Å². The standard InChI is InChI=1S/C25H35N7O4S/c1-17(31-36)27-15-19-8-10-22(37-19)30-24(35)29-16-28-21-13-18(7-9-20(21)26-11-6-12-33)32(5)23(34)14-25(2,3)4/h7-10,13,15-17,26,33H,6,11-12,14H2,1-5H3,(H2,28,29,30,35). The van der Waals surface area contributed by atoms with Crippen molar-refractivity contribution in [3.63, 3.8) is 0 Å². The van der Waals surface area contributed by atoms with E-state index in [2.05, 4.69) is 31.1 Å². The first-order chi connectivity index (χ1) is 17.5. The van der Waals surface area contributed by atoms with Gasteiger partial charge in [0.05, 0.1) is 22.7 Å². The van der Waals surface area contributed by atoms with Crippen LogP contribution in [0.3, 0.4) is 0 Å². The molecule has 1 aromatic heterocycles. The molecule has 1 atom stereocenters. The Hall–Kier alpha value is -3.64. The van der Waals surface area contributed by atoms with E-state index in [0.29, 0.717) is 41.4 Å². The summed E-state index contributed by atoms with van der Waals surface area (Å²) in [6.45, 7) is 8.20. The number of thiophene rings is 1. The lowest BCUT2D eigenvalue weighted by Crippen LogP contribution is -2.29. The topological polar surface area (TPSA) is 148 Å². The number of nitrogens with one attached hydrogen (secondary N) is 3. The van der Waals surface area contributed by atoms with Crippen LogP contribution in [0.5, 0.6) is 0 Å². The molecule has 0 aliphatic rings. The maximum Gasteiger partial charge on any atom is 0.325 e. The molecular weight excluding hydrogens is 494 g/mol. The molecule has 12 heteroatoms. The first-order valence-electron chi connectivity index (χ1n) is 11.8. The van der Waals surface area contributed by atoms with Gasteiger partial charge < -0.3 is 15.3 Å². The smallest absolute Gasteiger partial charge is 0.325 e. The molecule has 1 unspecified atom stereocenters. The minimum Gasteiger partial charge on any atom is -0.396 e. The predicted molar refractivity (Wildman–Crippen MR) is 152 cm³/mol. The van der Waals surface area contributed by atoms with E-state index in [1.165, 1.54) is 23.9 Å². The van der Waals surface area contributed by atoms with Crippen LogP contribution in [0.25, 0.3) is 0 Å². The molecule has 0 spiro atoms. The molecule has 3 amide bonds. The Kier molecular flexibility index (Phi) is 11.3. The molecule has 1 heterocycles. The highest BCUT2D eigenvalue weighted by molar-refractivity contribution is 7.17. The van der Waals surface area contributed by atoms with E-state index in [-0.39, 0.29) is 17.9 Å². The van der Waals surface area contributed by atoms with Crippen molar-refractivity contribution in [3.8, 4) is 0 Å². The maximum atomic E-state index is 12.7. The second-order valence-electron chi connectivity index (χ2n) is 9.47. The summed E-state index contributed by atoms with van der Waals surface area (Å²) in [6.07, 6.45) is 3.09. The second-order valence-corrected chi connectivity index (χ2v) is 10.6. The summed E-state index contributed by atoms with van der Waals surface area (Å²) in [5.41, 5.74) is 1.76. The van der Waals surface area contributed by atoms with Crippen molar-refractivity contribution in [1.82, 2.24) is 5.32 Å². The summed E-state index contributed by atoms with van der Waals surface area (Å²) in [5.74, 6) is -0.0156. The number of aliphatic hydroxyl groups is 1. The van der Waals surface area contributed by atoms with Gasteiger partial charge in [-0.15, -0.1) is 16.2 Å². The fraction of sp³-hybridized carbons (Fsp3) is 0.440. The molecule has 0 saturated heterocycles. The second kappa shape index (κ2) is 14.2. The summed E-state index contributed by atoms with van der Waals surface area (Å²) >= 11 is 1.29. The molecule has 2 aromatic rings. The quantitative estimate of drug-likeness (QED) is 0.133. The van der Waals surface area contributed by atoms with Crippen molar-refractivity contribution < 1.29 is 14.7 Å². The molecule has 0 aliphatic carbocycles. The molecule has 0 saturated carbocycles. The number of benzene rings is 1. The molecule has 0 radical (unpaired) electrons. The number of amides is 3. The van der Waals surface area contributed by atoms with E-state index in [9.17, 15) is 14.5 Å². The number of urea groups is 1. The third kappa shape index (κ3) is 10.5. The van der Waals surface area contributed by atoms with E-state index in [4.69, 9.17) is 5.11 Å². The fourth-order valence-corrected chi connectivity index (χ4v) is 3.79. The monoisotopic (exact) mass is 529 g/mol. The number of carbonyl (C=O) groups is 2. The number of aliphatic imine (C=N–C) groups is 2. The molecule has 37 heavy (non-hydrogen) atoms. The van der Waals surface area contributed by atoms with Crippen LogP contribution < -0.4 is 20.9 Å². The summed E-state index contributed by atoms with van der Waals surface area (Å²) in [6, 6.07) is 8.40. The molecule has 200 valence electrons. The summed E-state index contributed by atoms with van der Waals surface area (Å²) in [4.78, 5) is 46.2. The van der Waals surface area contributed by atoms with Crippen molar-refractivity contribution in [2.24, 2.45) is 20.6 Å². The van der Waals surface area contributed by atoms with Gasteiger partial charge in [0.2, 0.25) is 5.91 Å².